The lowest BCUT2D eigenvalue weighted by atomic mass is 9.85. The first-order valence-corrected chi connectivity index (χ1v) is 9.26. The van der Waals surface area contributed by atoms with E-state index in [-0.39, 0.29) is 17.4 Å². The second kappa shape index (κ2) is 6.91. The van der Waals surface area contributed by atoms with E-state index < -0.39 is 47.3 Å². The molecule has 0 aromatic rings. The van der Waals surface area contributed by atoms with Crippen LogP contribution in [0.15, 0.2) is 11.6 Å². The number of likely N-dealkylation sites (tertiary alicyclic amines) is 1. The minimum absolute atomic E-state index is 0.0910. The van der Waals surface area contributed by atoms with Crippen molar-refractivity contribution >= 4 is 11.8 Å². The molecule has 0 radical (unpaired) electrons. The molecule has 1 unspecified atom stereocenters. The van der Waals surface area contributed by atoms with Crippen LogP contribution in [-0.2, 0) is 9.59 Å². The SMILES string of the molecule is C[C@@H]1[C@@H]2C(CN1C(=O)[C@@H](NC(=O)C=C(C(F)(F)F)C(F)(F)F)C(C)(C)C)C2(C)C. The highest BCUT2D eigenvalue weighted by Gasteiger charge is 2.66. The molecule has 1 saturated heterocycles. The molecule has 1 heterocycles. The summed E-state index contributed by atoms with van der Waals surface area (Å²) in [7, 11) is 0. The van der Waals surface area contributed by atoms with Crippen molar-refractivity contribution in [2.75, 3.05) is 6.54 Å². The van der Waals surface area contributed by atoms with Crippen LogP contribution in [0.4, 0.5) is 26.3 Å². The van der Waals surface area contributed by atoms with E-state index in [1.807, 2.05) is 6.92 Å². The zero-order valence-electron chi connectivity index (χ0n) is 17.1. The first-order valence-electron chi connectivity index (χ1n) is 9.26. The Hall–Kier alpha value is -1.74. The number of allylic oxidation sites excluding steroid dienone is 1. The monoisotopic (exact) mass is 428 g/mol. The van der Waals surface area contributed by atoms with Gasteiger partial charge in [-0.25, -0.2) is 0 Å². The number of fused-ring (bicyclic) bond motifs is 1. The van der Waals surface area contributed by atoms with Gasteiger partial charge < -0.3 is 10.2 Å². The number of halogens is 6. The number of alkyl halides is 6. The highest BCUT2D eigenvalue weighted by molar-refractivity contribution is 5.94. The van der Waals surface area contributed by atoms with Crippen LogP contribution in [-0.4, -0.2) is 47.7 Å². The molecule has 166 valence electrons. The van der Waals surface area contributed by atoms with Crippen LogP contribution in [0.2, 0.25) is 0 Å². The predicted octanol–water partition coefficient (Wildman–Crippen LogP) is 4.07. The number of hydrogen-bond donors (Lipinski definition) is 1. The molecule has 1 N–H and O–H groups in total. The Bertz CT molecular complexity index is 702. The zero-order chi connectivity index (χ0) is 22.7. The minimum atomic E-state index is -5.74. The van der Waals surface area contributed by atoms with Gasteiger partial charge in [-0.1, -0.05) is 34.6 Å². The third-order valence-electron chi connectivity index (χ3n) is 6.11. The van der Waals surface area contributed by atoms with Gasteiger partial charge in [0.2, 0.25) is 11.8 Å². The smallest absolute Gasteiger partial charge is 0.340 e. The lowest BCUT2D eigenvalue weighted by Crippen LogP contribution is -2.56. The average Bonchev–Trinajstić information content (AvgIpc) is 2.82. The molecule has 29 heavy (non-hydrogen) atoms. The van der Waals surface area contributed by atoms with Crippen LogP contribution in [0.5, 0.6) is 0 Å². The van der Waals surface area contributed by atoms with E-state index in [0.717, 1.165) is 0 Å². The van der Waals surface area contributed by atoms with E-state index in [1.54, 1.807) is 25.7 Å². The number of nitrogens with one attached hydrogen (secondary N) is 1. The van der Waals surface area contributed by atoms with Crippen molar-refractivity contribution in [2.45, 2.75) is 66.0 Å². The Morgan fingerprint density at radius 3 is 1.90 bits per heavy atom. The highest BCUT2D eigenvalue weighted by atomic mass is 19.4. The molecule has 10 heteroatoms. The number of nitrogens with zero attached hydrogens (tertiary/aromatic N) is 1. The quantitative estimate of drug-likeness (QED) is 0.544. The third kappa shape index (κ3) is 4.55. The number of hydrogen-bond acceptors (Lipinski definition) is 2. The summed E-state index contributed by atoms with van der Waals surface area (Å²) in [5.74, 6) is -1.54. The largest absolute Gasteiger partial charge is 0.421 e. The second-order valence-electron chi connectivity index (χ2n) is 9.55. The Morgan fingerprint density at radius 2 is 1.55 bits per heavy atom. The molecule has 2 rings (SSSR count). The first-order chi connectivity index (χ1) is 12.8. The molecule has 0 aromatic carbocycles. The van der Waals surface area contributed by atoms with E-state index in [4.69, 9.17) is 0 Å². The number of piperidine rings is 1. The van der Waals surface area contributed by atoms with Gasteiger partial charge >= 0.3 is 12.4 Å². The van der Waals surface area contributed by atoms with E-state index in [9.17, 15) is 35.9 Å². The fourth-order valence-electron chi connectivity index (χ4n) is 4.41. The summed E-state index contributed by atoms with van der Waals surface area (Å²) in [5, 5.41) is 2.07. The van der Waals surface area contributed by atoms with Gasteiger partial charge in [-0.2, -0.15) is 26.3 Å². The molecule has 4 nitrogen and oxygen atoms in total. The lowest BCUT2D eigenvalue weighted by molar-refractivity contribution is -0.172. The van der Waals surface area contributed by atoms with Gasteiger partial charge in [-0.15, -0.1) is 0 Å². The van der Waals surface area contributed by atoms with Crippen LogP contribution in [0, 0.1) is 22.7 Å². The maximum absolute atomic E-state index is 13.0. The minimum Gasteiger partial charge on any atom is -0.340 e. The van der Waals surface area contributed by atoms with Gasteiger partial charge in [-0.05, 0) is 29.6 Å². The maximum atomic E-state index is 13.0. The summed E-state index contributed by atoms with van der Waals surface area (Å²) in [4.78, 5) is 26.6. The van der Waals surface area contributed by atoms with Crippen molar-refractivity contribution in [3.8, 4) is 0 Å². The van der Waals surface area contributed by atoms with Gasteiger partial charge in [0.05, 0.1) is 0 Å². The summed E-state index contributed by atoms with van der Waals surface area (Å²) in [6, 6.07) is -1.39. The molecule has 0 spiro atoms. The molecule has 2 amide bonds. The van der Waals surface area contributed by atoms with Crippen LogP contribution in [0.25, 0.3) is 0 Å². The summed E-state index contributed by atoms with van der Waals surface area (Å²) >= 11 is 0. The van der Waals surface area contributed by atoms with Gasteiger partial charge in [0.25, 0.3) is 0 Å². The van der Waals surface area contributed by atoms with Crippen LogP contribution >= 0.6 is 0 Å². The van der Waals surface area contributed by atoms with Crippen molar-refractivity contribution in [3.05, 3.63) is 11.6 Å². The molecule has 4 atom stereocenters. The third-order valence-corrected chi connectivity index (χ3v) is 6.11. The van der Waals surface area contributed by atoms with Gasteiger partial charge in [-0.3, -0.25) is 9.59 Å². The fraction of sp³-hybridized carbons (Fsp3) is 0.789. The molecule has 0 aromatic heterocycles. The van der Waals surface area contributed by atoms with E-state index >= 15 is 0 Å². The van der Waals surface area contributed by atoms with Gasteiger partial charge in [0, 0.05) is 18.7 Å². The number of amides is 2. The molecule has 1 aliphatic heterocycles. The van der Waals surface area contributed by atoms with E-state index in [1.165, 1.54) is 0 Å². The van der Waals surface area contributed by atoms with Crippen molar-refractivity contribution in [3.63, 3.8) is 0 Å². The highest BCUT2D eigenvalue weighted by Crippen LogP contribution is 2.64. The Kier molecular flexibility index (Phi) is 5.60. The molecular weight excluding hydrogens is 402 g/mol. The normalized spacial score (nSPS) is 27.2. The number of rotatable bonds is 3. The topological polar surface area (TPSA) is 49.4 Å². The zero-order valence-corrected chi connectivity index (χ0v) is 17.1. The number of carbonyl (C=O) groups is 2. The molecule has 2 aliphatic rings. The van der Waals surface area contributed by atoms with E-state index in [0.29, 0.717) is 12.5 Å². The standard InChI is InChI=1S/C19H26F6N2O2/c1-9-13-10(17(13,5)6)8-27(9)15(29)14(16(2,3)4)26-12(28)7-11(18(20,21)22)19(23,24)25/h7,9-10,13-14H,8H2,1-6H3,(H,26,28)/t9-,10?,13-,14-/m1/s1. The molecule has 1 saturated carbocycles. The molecule has 1 aliphatic carbocycles. The Morgan fingerprint density at radius 1 is 1.07 bits per heavy atom. The summed E-state index contributed by atoms with van der Waals surface area (Å²) in [6.07, 6.45) is -12.0. The first kappa shape index (κ1) is 23.5. The predicted molar refractivity (Wildman–Crippen MR) is 93.5 cm³/mol. The van der Waals surface area contributed by atoms with Crippen molar-refractivity contribution in [2.24, 2.45) is 22.7 Å². The van der Waals surface area contributed by atoms with Crippen molar-refractivity contribution < 1.29 is 35.9 Å². The molecule has 0 bridgehead atoms. The van der Waals surface area contributed by atoms with Crippen LogP contribution in [0.3, 0.4) is 0 Å². The fourth-order valence-corrected chi connectivity index (χ4v) is 4.41. The van der Waals surface area contributed by atoms with Gasteiger partial charge in [0.1, 0.15) is 11.6 Å². The Balaban J connectivity index is 2.23. The van der Waals surface area contributed by atoms with Crippen molar-refractivity contribution in [1.82, 2.24) is 10.2 Å². The average molecular weight is 428 g/mol. The molecule has 2 fully saturated rings. The molecular formula is C19H26F6N2O2. The van der Waals surface area contributed by atoms with Crippen LogP contribution < -0.4 is 5.32 Å². The van der Waals surface area contributed by atoms with E-state index in [2.05, 4.69) is 19.2 Å². The lowest BCUT2D eigenvalue weighted by Gasteiger charge is -2.37. The summed E-state index contributed by atoms with van der Waals surface area (Å²) in [6.45, 7) is 11.2. The maximum Gasteiger partial charge on any atom is 0.421 e. The Labute approximate surface area is 165 Å². The second-order valence-corrected chi connectivity index (χ2v) is 9.55. The van der Waals surface area contributed by atoms with Crippen molar-refractivity contribution in [1.29, 1.82) is 0 Å². The van der Waals surface area contributed by atoms with Crippen LogP contribution in [0.1, 0.15) is 41.5 Å². The van der Waals surface area contributed by atoms with Gasteiger partial charge in [0.15, 0.2) is 0 Å². The number of carbonyl (C=O) groups excluding carboxylic acids is 2. The summed E-state index contributed by atoms with van der Waals surface area (Å²) < 4.78 is 76.1. The summed E-state index contributed by atoms with van der Waals surface area (Å²) in [5.41, 5.74) is -3.74.